The zero-order chi connectivity index (χ0) is 13.7. The third-order valence-corrected chi connectivity index (χ3v) is 3.65. The van der Waals surface area contributed by atoms with Crippen LogP contribution in [0.5, 0.6) is 5.75 Å². The highest BCUT2D eigenvalue weighted by Crippen LogP contribution is 2.27. The van der Waals surface area contributed by atoms with Gasteiger partial charge in [0.25, 0.3) is 0 Å². The molecule has 0 radical (unpaired) electrons. The fourth-order valence-electron chi connectivity index (χ4n) is 2.37. The van der Waals surface area contributed by atoms with E-state index in [1.165, 1.54) is 12.8 Å². The lowest BCUT2D eigenvalue weighted by Gasteiger charge is -2.15. The Morgan fingerprint density at radius 3 is 3.05 bits per heavy atom. The average Bonchev–Trinajstić information content (AvgIpc) is 2.89. The summed E-state index contributed by atoms with van der Waals surface area (Å²) in [4.78, 5) is 0. The molecule has 1 aromatic carbocycles. The molecule has 1 saturated heterocycles. The van der Waals surface area contributed by atoms with E-state index >= 15 is 0 Å². The Bertz CT molecular complexity index is 403. The van der Waals surface area contributed by atoms with E-state index in [0.29, 0.717) is 17.7 Å². The maximum atomic E-state index is 5.98. The molecule has 1 fully saturated rings. The van der Waals surface area contributed by atoms with E-state index in [-0.39, 0.29) is 6.04 Å². The molecule has 0 aliphatic carbocycles. The topological polar surface area (TPSA) is 44.5 Å². The number of rotatable bonds is 6. The largest absolute Gasteiger partial charge is 0.493 e. The molecule has 2 rings (SSSR count). The van der Waals surface area contributed by atoms with Gasteiger partial charge in [-0.05, 0) is 50.8 Å². The van der Waals surface area contributed by atoms with Gasteiger partial charge in [-0.25, -0.2) is 0 Å². The van der Waals surface area contributed by atoms with Crippen LogP contribution in [0.25, 0.3) is 0 Å². The minimum atomic E-state index is -0.0770. The van der Waals surface area contributed by atoms with E-state index in [4.69, 9.17) is 26.8 Å². The second kappa shape index (κ2) is 7.13. The molecule has 1 aliphatic rings. The number of nitrogens with two attached hydrogens (primary N) is 1. The highest BCUT2D eigenvalue weighted by Gasteiger charge is 2.15. The van der Waals surface area contributed by atoms with Gasteiger partial charge in [0.15, 0.2) is 0 Å². The molecule has 0 saturated carbocycles. The standard InChI is InChI=1S/C15H22ClNO2/c1-11(17)14-10-12(16)6-7-15(14)19-9-3-5-13-4-2-8-18-13/h6-7,10-11,13H,2-5,8-9,17H2,1H3/t11-,13?/m1/s1. The van der Waals surface area contributed by atoms with E-state index in [9.17, 15) is 0 Å². The predicted octanol–water partition coefficient (Wildman–Crippen LogP) is 3.70. The zero-order valence-electron chi connectivity index (χ0n) is 11.4. The van der Waals surface area contributed by atoms with Gasteiger partial charge in [0.1, 0.15) is 5.75 Å². The Morgan fingerprint density at radius 2 is 2.37 bits per heavy atom. The summed E-state index contributed by atoms with van der Waals surface area (Å²) in [5, 5.41) is 0.694. The first-order valence-corrected chi connectivity index (χ1v) is 7.34. The van der Waals surface area contributed by atoms with Crippen molar-refractivity contribution >= 4 is 11.6 Å². The third-order valence-electron chi connectivity index (χ3n) is 3.41. The molecule has 3 nitrogen and oxygen atoms in total. The maximum Gasteiger partial charge on any atom is 0.124 e. The van der Waals surface area contributed by atoms with Crippen molar-refractivity contribution in [2.45, 2.75) is 44.8 Å². The van der Waals surface area contributed by atoms with Crippen molar-refractivity contribution in [1.82, 2.24) is 0 Å². The van der Waals surface area contributed by atoms with E-state index in [1.54, 1.807) is 0 Å². The van der Waals surface area contributed by atoms with Crippen molar-refractivity contribution in [3.63, 3.8) is 0 Å². The number of halogens is 1. The molecule has 2 atom stereocenters. The summed E-state index contributed by atoms with van der Waals surface area (Å²) in [7, 11) is 0. The smallest absolute Gasteiger partial charge is 0.124 e. The molecular weight excluding hydrogens is 262 g/mol. The minimum absolute atomic E-state index is 0.0770. The first-order valence-electron chi connectivity index (χ1n) is 6.96. The van der Waals surface area contributed by atoms with Gasteiger partial charge in [0.05, 0.1) is 12.7 Å². The summed E-state index contributed by atoms with van der Waals surface area (Å²) < 4.78 is 11.4. The molecule has 19 heavy (non-hydrogen) atoms. The van der Waals surface area contributed by atoms with E-state index in [0.717, 1.165) is 30.8 Å². The first kappa shape index (κ1) is 14.6. The molecule has 0 spiro atoms. The molecule has 1 heterocycles. The van der Waals surface area contributed by atoms with Crippen molar-refractivity contribution in [2.75, 3.05) is 13.2 Å². The molecule has 1 unspecified atom stereocenters. The monoisotopic (exact) mass is 283 g/mol. The molecule has 106 valence electrons. The highest BCUT2D eigenvalue weighted by atomic mass is 35.5. The fourth-order valence-corrected chi connectivity index (χ4v) is 2.55. The summed E-state index contributed by atoms with van der Waals surface area (Å²) >= 11 is 5.98. The number of hydrogen-bond acceptors (Lipinski definition) is 3. The zero-order valence-corrected chi connectivity index (χ0v) is 12.2. The van der Waals surface area contributed by atoms with Gasteiger partial charge in [0.2, 0.25) is 0 Å². The highest BCUT2D eigenvalue weighted by molar-refractivity contribution is 6.30. The van der Waals surface area contributed by atoms with Crippen LogP contribution in [-0.4, -0.2) is 19.3 Å². The molecule has 0 aromatic heterocycles. The molecular formula is C15H22ClNO2. The van der Waals surface area contributed by atoms with E-state index in [1.807, 2.05) is 25.1 Å². The lowest BCUT2D eigenvalue weighted by molar-refractivity contribution is 0.0980. The molecule has 2 N–H and O–H groups in total. The molecule has 0 bridgehead atoms. The van der Waals surface area contributed by atoms with Gasteiger partial charge in [-0.1, -0.05) is 11.6 Å². The Morgan fingerprint density at radius 1 is 1.53 bits per heavy atom. The normalized spacial score (nSPS) is 20.5. The second-order valence-corrected chi connectivity index (χ2v) is 5.53. The van der Waals surface area contributed by atoms with Crippen molar-refractivity contribution < 1.29 is 9.47 Å². The van der Waals surface area contributed by atoms with Crippen LogP contribution in [0.15, 0.2) is 18.2 Å². The van der Waals surface area contributed by atoms with E-state index in [2.05, 4.69) is 0 Å². The first-order chi connectivity index (χ1) is 9.16. The van der Waals surface area contributed by atoms with Crippen LogP contribution in [0, 0.1) is 0 Å². The van der Waals surface area contributed by atoms with Crippen LogP contribution >= 0.6 is 11.6 Å². The van der Waals surface area contributed by atoms with Gasteiger partial charge in [-0.15, -0.1) is 0 Å². The summed E-state index contributed by atoms with van der Waals surface area (Å²) in [6, 6.07) is 5.53. The minimum Gasteiger partial charge on any atom is -0.493 e. The fraction of sp³-hybridized carbons (Fsp3) is 0.600. The lowest BCUT2D eigenvalue weighted by atomic mass is 10.1. The van der Waals surface area contributed by atoms with Gasteiger partial charge in [-0.2, -0.15) is 0 Å². The predicted molar refractivity (Wildman–Crippen MR) is 77.8 cm³/mol. The SMILES string of the molecule is C[C@@H](N)c1cc(Cl)ccc1OCCCC1CCCO1. The van der Waals surface area contributed by atoms with Crippen molar-refractivity contribution in [3.8, 4) is 5.75 Å². The quantitative estimate of drug-likeness (QED) is 0.810. The summed E-state index contributed by atoms with van der Waals surface area (Å²) in [6.07, 6.45) is 4.89. The van der Waals surface area contributed by atoms with Crippen LogP contribution in [0.2, 0.25) is 5.02 Å². The van der Waals surface area contributed by atoms with E-state index < -0.39 is 0 Å². The Hall–Kier alpha value is -0.770. The lowest BCUT2D eigenvalue weighted by Crippen LogP contribution is -2.10. The second-order valence-electron chi connectivity index (χ2n) is 5.10. The summed E-state index contributed by atoms with van der Waals surface area (Å²) in [5.74, 6) is 0.840. The van der Waals surface area contributed by atoms with Gasteiger partial charge in [-0.3, -0.25) is 0 Å². The van der Waals surface area contributed by atoms with Crippen molar-refractivity contribution in [3.05, 3.63) is 28.8 Å². The van der Waals surface area contributed by atoms with Crippen molar-refractivity contribution in [2.24, 2.45) is 5.73 Å². The van der Waals surface area contributed by atoms with Crippen LogP contribution in [0.1, 0.15) is 44.2 Å². The average molecular weight is 284 g/mol. The van der Waals surface area contributed by atoms with Gasteiger partial charge in [0, 0.05) is 23.2 Å². The number of ether oxygens (including phenoxy) is 2. The maximum absolute atomic E-state index is 5.98. The van der Waals surface area contributed by atoms with Crippen molar-refractivity contribution in [1.29, 1.82) is 0 Å². The Kier molecular flexibility index (Phi) is 5.49. The third kappa shape index (κ3) is 4.37. The van der Waals surface area contributed by atoms with Crippen LogP contribution < -0.4 is 10.5 Å². The number of hydrogen-bond donors (Lipinski definition) is 1. The molecule has 4 heteroatoms. The Balaban J connectivity index is 1.81. The Labute approximate surface area is 120 Å². The van der Waals surface area contributed by atoms with Crippen LogP contribution in [0.4, 0.5) is 0 Å². The molecule has 1 aliphatic heterocycles. The summed E-state index contributed by atoms with van der Waals surface area (Å²) in [6.45, 7) is 3.55. The molecule has 0 amide bonds. The van der Waals surface area contributed by atoms with Gasteiger partial charge < -0.3 is 15.2 Å². The number of benzene rings is 1. The summed E-state index contributed by atoms with van der Waals surface area (Å²) in [5.41, 5.74) is 6.89. The van der Waals surface area contributed by atoms with Crippen LogP contribution in [0.3, 0.4) is 0 Å². The van der Waals surface area contributed by atoms with Gasteiger partial charge >= 0.3 is 0 Å². The molecule has 1 aromatic rings. The van der Waals surface area contributed by atoms with Crippen LogP contribution in [-0.2, 0) is 4.74 Å².